The van der Waals surface area contributed by atoms with E-state index in [1.54, 1.807) is 24.3 Å². The molecule has 34 heavy (non-hydrogen) atoms. The van der Waals surface area contributed by atoms with Gasteiger partial charge in [0.1, 0.15) is 5.76 Å². The topological polar surface area (TPSA) is 54.4 Å². The molecule has 0 bridgehead atoms. The maximum Gasteiger partial charge on any atom is 0.234 e. The molecule has 0 fully saturated rings. The minimum absolute atomic E-state index is 0.00236. The van der Waals surface area contributed by atoms with Crippen molar-refractivity contribution in [3.63, 3.8) is 0 Å². The van der Waals surface area contributed by atoms with Crippen molar-refractivity contribution in [2.75, 3.05) is 0 Å². The molecule has 0 saturated heterocycles. The molecule has 3 heteroatoms. The van der Waals surface area contributed by atoms with Gasteiger partial charge in [-0.1, -0.05) is 120 Å². The number of unbranched alkanes of at least 4 members (excludes halogenated alkanes) is 15. The Balaban J connectivity index is 1.43. The summed E-state index contributed by atoms with van der Waals surface area (Å²) in [6.45, 7) is 2.27. The summed E-state index contributed by atoms with van der Waals surface area (Å²) in [5.41, 5.74) is 1.11. The smallest absolute Gasteiger partial charge is 0.234 e. The van der Waals surface area contributed by atoms with Crippen LogP contribution >= 0.6 is 0 Å². The van der Waals surface area contributed by atoms with Gasteiger partial charge in [-0.3, -0.25) is 9.59 Å². The average Bonchev–Trinajstić information content (AvgIpc) is 2.86. The van der Waals surface area contributed by atoms with Crippen LogP contribution in [-0.2, 0) is 4.79 Å². The Labute approximate surface area is 207 Å². The standard InChI is InChI=1S/C31H46O3/c1-2-3-4-5-6-7-8-9-10-11-12-13-14-15-16-17-18-19-20-25-28-29(32)26-23-21-22-24-27(26)30(33)31(28)34/h9-10,21-24,32H,2-8,11-20,25H2,1H3/b10-9+. The van der Waals surface area contributed by atoms with E-state index in [0.29, 0.717) is 23.1 Å². The van der Waals surface area contributed by atoms with Crippen LogP contribution in [0.3, 0.4) is 0 Å². The second kappa shape index (κ2) is 17.3. The van der Waals surface area contributed by atoms with Gasteiger partial charge in [0.2, 0.25) is 11.6 Å². The predicted octanol–water partition coefficient (Wildman–Crippen LogP) is 9.32. The first-order valence-corrected chi connectivity index (χ1v) is 13.9. The molecule has 0 radical (unpaired) electrons. The lowest BCUT2D eigenvalue weighted by molar-refractivity contribution is -0.112. The molecule has 1 aliphatic carbocycles. The number of hydrogen-bond acceptors (Lipinski definition) is 3. The van der Waals surface area contributed by atoms with Crippen LogP contribution in [0.15, 0.2) is 42.0 Å². The van der Waals surface area contributed by atoms with Gasteiger partial charge in [-0.05, 0) is 38.5 Å². The van der Waals surface area contributed by atoms with Crippen molar-refractivity contribution in [2.24, 2.45) is 0 Å². The molecule has 0 aliphatic heterocycles. The molecule has 0 heterocycles. The maximum atomic E-state index is 12.3. The number of Topliss-reactive ketones (excluding diaryl/α,β-unsaturated/α-hetero) is 2. The van der Waals surface area contributed by atoms with E-state index in [0.717, 1.165) is 19.3 Å². The quantitative estimate of drug-likeness (QED) is 0.125. The zero-order valence-corrected chi connectivity index (χ0v) is 21.5. The summed E-state index contributed by atoms with van der Waals surface area (Å²) in [7, 11) is 0. The minimum Gasteiger partial charge on any atom is -0.507 e. The number of carbonyl (C=O) groups is 2. The summed E-state index contributed by atoms with van der Waals surface area (Å²) in [5.74, 6) is -1.03. The van der Waals surface area contributed by atoms with Gasteiger partial charge in [-0.15, -0.1) is 0 Å². The number of carbonyl (C=O) groups excluding carboxylic acids is 2. The number of hydrogen-bond donors (Lipinski definition) is 1. The van der Waals surface area contributed by atoms with Crippen LogP contribution in [0, 0.1) is 0 Å². The molecule has 188 valence electrons. The van der Waals surface area contributed by atoms with Crippen molar-refractivity contribution in [3.05, 3.63) is 53.1 Å². The van der Waals surface area contributed by atoms with Gasteiger partial charge in [0.25, 0.3) is 0 Å². The van der Waals surface area contributed by atoms with Gasteiger partial charge in [0.15, 0.2) is 0 Å². The highest BCUT2D eigenvalue weighted by atomic mass is 16.3. The molecular weight excluding hydrogens is 420 g/mol. The molecule has 1 N–H and O–H groups in total. The van der Waals surface area contributed by atoms with Crippen molar-refractivity contribution in [2.45, 2.75) is 122 Å². The number of rotatable bonds is 19. The molecule has 0 atom stereocenters. The second-order valence-corrected chi connectivity index (χ2v) is 9.78. The lowest BCUT2D eigenvalue weighted by Gasteiger charge is -2.17. The Morgan fingerprint density at radius 2 is 1.09 bits per heavy atom. The maximum absolute atomic E-state index is 12.3. The zero-order chi connectivity index (χ0) is 24.4. The number of allylic oxidation sites excluding steroid dienone is 3. The van der Waals surface area contributed by atoms with Gasteiger partial charge < -0.3 is 5.11 Å². The SMILES string of the molecule is CCCCCCCC/C=C/CCCCCCCCCCCC1=C(O)c2ccccc2C(=O)C1=O. The number of aliphatic hydroxyl groups excluding tert-OH is 1. The van der Waals surface area contributed by atoms with Crippen molar-refractivity contribution < 1.29 is 14.7 Å². The van der Waals surface area contributed by atoms with E-state index >= 15 is 0 Å². The van der Waals surface area contributed by atoms with Crippen LogP contribution in [0.4, 0.5) is 0 Å². The van der Waals surface area contributed by atoms with E-state index in [2.05, 4.69) is 19.1 Å². The van der Waals surface area contributed by atoms with E-state index in [-0.39, 0.29) is 5.76 Å². The molecule has 3 nitrogen and oxygen atoms in total. The van der Waals surface area contributed by atoms with E-state index < -0.39 is 11.6 Å². The van der Waals surface area contributed by atoms with Gasteiger partial charge in [-0.2, -0.15) is 0 Å². The Kier molecular flexibility index (Phi) is 14.3. The van der Waals surface area contributed by atoms with Crippen molar-refractivity contribution >= 4 is 17.3 Å². The fourth-order valence-electron chi connectivity index (χ4n) is 4.73. The van der Waals surface area contributed by atoms with Crippen LogP contribution in [-0.4, -0.2) is 16.7 Å². The third kappa shape index (κ3) is 9.99. The first-order chi connectivity index (χ1) is 16.7. The summed E-state index contributed by atoms with van der Waals surface area (Å²) in [5, 5.41) is 10.5. The fraction of sp³-hybridized carbons (Fsp3) is 0.613. The molecule has 1 aliphatic rings. The zero-order valence-electron chi connectivity index (χ0n) is 21.5. The molecule has 2 rings (SSSR count). The number of ketones is 2. The number of fused-ring (bicyclic) bond motifs is 1. The third-order valence-electron chi connectivity index (χ3n) is 6.88. The monoisotopic (exact) mass is 466 g/mol. The van der Waals surface area contributed by atoms with E-state index in [4.69, 9.17) is 0 Å². The molecular formula is C31H46O3. The molecule has 1 aromatic rings. The highest BCUT2D eigenvalue weighted by Crippen LogP contribution is 2.30. The van der Waals surface area contributed by atoms with Crippen LogP contribution in [0.5, 0.6) is 0 Å². The van der Waals surface area contributed by atoms with E-state index in [9.17, 15) is 14.7 Å². The minimum atomic E-state index is -0.534. The summed E-state index contributed by atoms with van der Waals surface area (Å²) in [6.07, 6.45) is 26.7. The largest absolute Gasteiger partial charge is 0.507 e. The Morgan fingerprint density at radius 1 is 0.618 bits per heavy atom. The van der Waals surface area contributed by atoms with Crippen molar-refractivity contribution in [1.29, 1.82) is 0 Å². The Bertz CT molecular complexity index is 803. The van der Waals surface area contributed by atoms with Crippen LogP contribution in [0.1, 0.15) is 138 Å². The summed E-state index contributed by atoms with van der Waals surface area (Å²) < 4.78 is 0. The van der Waals surface area contributed by atoms with Crippen LogP contribution in [0.25, 0.3) is 5.76 Å². The van der Waals surface area contributed by atoms with Gasteiger partial charge >= 0.3 is 0 Å². The predicted molar refractivity (Wildman–Crippen MR) is 143 cm³/mol. The lowest BCUT2D eigenvalue weighted by atomic mass is 9.86. The molecule has 0 unspecified atom stereocenters. The third-order valence-corrected chi connectivity index (χ3v) is 6.88. The molecule has 0 saturated carbocycles. The first kappa shape index (κ1) is 28.1. The van der Waals surface area contributed by atoms with Crippen LogP contribution < -0.4 is 0 Å². The van der Waals surface area contributed by atoms with Gasteiger partial charge in [0, 0.05) is 16.7 Å². The molecule has 0 amide bonds. The summed E-state index contributed by atoms with van der Waals surface area (Å²) in [6, 6.07) is 6.82. The van der Waals surface area contributed by atoms with E-state index in [1.807, 2.05) is 0 Å². The number of aliphatic hydroxyl groups is 1. The highest BCUT2D eigenvalue weighted by Gasteiger charge is 2.31. The van der Waals surface area contributed by atoms with Crippen molar-refractivity contribution in [1.82, 2.24) is 0 Å². The van der Waals surface area contributed by atoms with Crippen LogP contribution in [0.2, 0.25) is 0 Å². The lowest BCUT2D eigenvalue weighted by Crippen LogP contribution is -2.24. The highest BCUT2D eigenvalue weighted by molar-refractivity contribution is 6.52. The fourth-order valence-corrected chi connectivity index (χ4v) is 4.73. The molecule has 0 spiro atoms. The Morgan fingerprint density at radius 3 is 1.65 bits per heavy atom. The summed E-state index contributed by atoms with van der Waals surface area (Å²) >= 11 is 0. The van der Waals surface area contributed by atoms with E-state index in [1.165, 1.54) is 89.9 Å². The normalized spacial score (nSPS) is 13.8. The van der Waals surface area contributed by atoms with Gasteiger partial charge in [0.05, 0.1) is 0 Å². The average molecular weight is 467 g/mol. The molecule has 0 aromatic heterocycles. The van der Waals surface area contributed by atoms with Crippen molar-refractivity contribution in [3.8, 4) is 0 Å². The number of benzene rings is 1. The summed E-state index contributed by atoms with van der Waals surface area (Å²) in [4.78, 5) is 24.6. The molecule has 1 aromatic carbocycles. The van der Waals surface area contributed by atoms with Gasteiger partial charge in [-0.25, -0.2) is 0 Å². The Hall–Kier alpha value is -2.16. The first-order valence-electron chi connectivity index (χ1n) is 13.9. The second-order valence-electron chi connectivity index (χ2n) is 9.78.